The smallest absolute Gasteiger partial charge is 0.316 e. The van der Waals surface area contributed by atoms with E-state index in [9.17, 15) is 9.59 Å². The van der Waals surface area contributed by atoms with Gasteiger partial charge in [0.15, 0.2) is 0 Å². The fourth-order valence-electron chi connectivity index (χ4n) is 1.03. The Kier molecular flexibility index (Phi) is 5.41. The van der Waals surface area contributed by atoms with E-state index in [-0.39, 0.29) is 12.4 Å². The number of amides is 2. The zero-order valence-corrected chi connectivity index (χ0v) is 9.38. The van der Waals surface area contributed by atoms with Crippen molar-refractivity contribution in [2.75, 3.05) is 19.0 Å². The summed E-state index contributed by atoms with van der Waals surface area (Å²) in [4.78, 5) is 23.7. The molecule has 0 aliphatic rings. The second-order valence-electron chi connectivity index (χ2n) is 2.78. The van der Waals surface area contributed by atoms with Crippen molar-refractivity contribution in [3.8, 4) is 0 Å². The minimum Gasteiger partial charge on any atom is -0.351 e. The third-order valence-corrected chi connectivity index (χ3v) is 1.87. The molecule has 0 aliphatic heterocycles. The first-order valence-electron chi connectivity index (χ1n) is 4.21. The number of rotatable bonds is 1. The van der Waals surface area contributed by atoms with Crippen LogP contribution in [0.4, 0.5) is 5.69 Å². The number of benzene rings is 1. The van der Waals surface area contributed by atoms with Gasteiger partial charge >= 0.3 is 11.8 Å². The highest BCUT2D eigenvalue weighted by atomic mass is 35.5. The standard InChI is InChI=1S/C10H12N2O2.ClH/c1-11-9(13)10(14)12(2)8-6-4-3-5-7-8;/h3-7H,1-2H3,(H,11,13);1H. The third-order valence-electron chi connectivity index (χ3n) is 1.87. The van der Waals surface area contributed by atoms with Crippen molar-refractivity contribution < 1.29 is 9.59 Å². The van der Waals surface area contributed by atoms with E-state index >= 15 is 0 Å². The van der Waals surface area contributed by atoms with Crippen molar-refractivity contribution in [3.05, 3.63) is 30.3 Å². The second kappa shape index (κ2) is 6.03. The average molecular weight is 229 g/mol. The molecule has 1 rings (SSSR count). The highest BCUT2D eigenvalue weighted by molar-refractivity contribution is 6.40. The molecule has 1 aromatic carbocycles. The van der Waals surface area contributed by atoms with Gasteiger partial charge in [-0.15, -0.1) is 12.4 Å². The van der Waals surface area contributed by atoms with Crippen LogP contribution in [-0.4, -0.2) is 25.9 Å². The van der Waals surface area contributed by atoms with Crippen LogP contribution in [0.15, 0.2) is 30.3 Å². The summed E-state index contributed by atoms with van der Waals surface area (Å²) >= 11 is 0. The van der Waals surface area contributed by atoms with Crippen molar-refractivity contribution in [3.63, 3.8) is 0 Å². The van der Waals surface area contributed by atoms with Gasteiger partial charge in [0, 0.05) is 19.8 Å². The Balaban J connectivity index is 0.00000196. The van der Waals surface area contributed by atoms with Crippen molar-refractivity contribution >= 4 is 29.9 Å². The molecule has 0 aliphatic carbocycles. The second-order valence-corrected chi connectivity index (χ2v) is 2.78. The molecule has 0 fully saturated rings. The van der Waals surface area contributed by atoms with Gasteiger partial charge in [-0.3, -0.25) is 9.59 Å². The maximum Gasteiger partial charge on any atom is 0.316 e. The average Bonchev–Trinajstić information content (AvgIpc) is 2.27. The van der Waals surface area contributed by atoms with E-state index in [0.29, 0.717) is 5.69 Å². The summed E-state index contributed by atoms with van der Waals surface area (Å²) in [5.74, 6) is -1.19. The Morgan fingerprint density at radius 1 is 1.20 bits per heavy atom. The van der Waals surface area contributed by atoms with E-state index < -0.39 is 11.8 Å². The molecule has 0 unspecified atom stereocenters. The first-order valence-corrected chi connectivity index (χ1v) is 4.21. The summed E-state index contributed by atoms with van der Waals surface area (Å²) in [6.45, 7) is 0. The van der Waals surface area contributed by atoms with Crippen LogP contribution in [0.2, 0.25) is 0 Å². The van der Waals surface area contributed by atoms with Crippen molar-refractivity contribution in [1.82, 2.24) is 5.32 Å². The summed E-state index contributed by atoms with van der Waals surface area (Å²) in [6.07, 6.45) is 0. The molecule has 0 aromatic heterocycles. The van der Waals surface area contributed by atoms with E-state index in [1.807, 2.05) is 18.2 Å². The van der Waals surface area contributed by atoms with Crippen LogP contribution < -0.4 is 10.2 Å². The number of hydrogen-bond donors (Lipinski definition) is 1. The summed E-state index contributed by atoms with van der Waals surface area (Å²) in [5, 5.41) is 2.29. The minimum absolute atomic E-state index is 0. The number of anilines is 1. The van der Waals surface area contributed by atoms with Crippen molar-refractivity contribution in [1.29, 1.82) is 0 Å². The fourth-order valence-corrected chi connectivity index (χ4v) is 1.03. The first kappa shape index (κ1) is 13.5. The Morgan fingerprint density at radius 3 is 2.20 bits per heavy atom. The van der Waals surface area contributed by atoms with E-state index in [2.05, 4.69) is 5.32 Å². The van der Waals surface area contributed by atoms with Crippen LogP contribution in [0, 0.1) is 0 Å². The molecule has 82 valence electrons. The van der Waals surface area contributed by atoms with E-state index in [0.717, 1.165) is 0 Å². The third kappa shape index (κ3) is 3.25. The van der Waals surface area contributed by atoms with Gasteiger partial charge in [0.2, 0.25) is 0 Å². The lowest BCUT2D eigenvalue weighted by atomic mass is 10.3. The molecular formula is C10H13ClN2O2. The van der Waals surface area contributed by atoms with Gasteiger partial charge in [0.1, 0.15) is 0 Å². The van der Waals surface area contributed by atoms with Gasteiger partial charge in [-0.25, -0.2) is 0 Å². The molecule has 0 bridgehead atoms. The number of nitrogens with one attached hydrogen (secondary N) is 1. The predicted molar refractivity (Wildman–Crippen MR) is 61.2 cm³/mol. The Labute approximate surface area is 94.7 Å². The molecule has 0 heterocycles. The molecular weight excluding hydrogens is 216 g/mol. The quantitative estimate of drug-likeness (QED) is 0.724. The molecule has 0 atom stereocenters. The molecule has 15 heavy (non-hydrogen) atoms. The summed E-state index contributed by atoms with van der Waals surface area (Å²) < 4.78 is 0. The van der Waals surface area contributed by atoms with E-state index in [1.165, 1.54) is 11.9 Å². The topological polar surface area (TPSA) is 49.4 Å². The van der Waals surface area contributed by atoms with Crippen LogP contribution >= 0.6 is 12.4 Å². The predicted octanol–water partition coefficient (Wildman–Crippen LogP) is 0.817. The van der Waals surface area contributed by atoms with Crippen molar-refractivity contribution in [2.24, 2.45) is 0 Å². The summed E-state index contributed by atoms with van der Waals surface area (Å²) in [7, 11) is 2.99. The Morgan fingerprint density at radius 2 is 1.73 bits per heavy atom. The molecule has 5 heteroatoms. The maximum atomic E-state index is 11.4. The number of likely N-dealkylation sites (N-methyl/N-ethyl adjacent to an activating group) is 2. The SMILES string of the molecule is CNC(=O)C(=O)N(C)c1ccccc1.Cl. The van der Waals surface area contributed by atoms with Gasteiger partial charge in [0.25, 0.3) is 0 Å². The normalized spacial score (nSPS) is 8.67. The largest absolute Gasteiger partial charge is 0.351 e. The molecule has 0 saturated heterocycles. The molecule has 4 nitrogen and oxygen atoms in total. The highest BCUT2D eigenvalue weighted by Crippen LogP contribution is 2.10. The minimum atomic E-state index is -0.614. The van der Waals surface area contributed by atoms with Gasteiger partial charge in [-0.05, 0) is 12.1 Å². The molecule has 0 radical (unpaired) electrons. The zero-order chi connectivity index (χ0) is 10.6. The Bertz CT molecular complexity index is 341. The maximum absolute atomic E-state index is 11.4. The van der Waals surface area contributed by atoms with Crippen LogP contribution in [0.5, 0.6) is 0 Å². The number of carbonyl (C=O) groups is 2. The number of carbonyl (C=O) groups excluding carboxylic acids is 2. The molecule has 1 N–H and O–H groups in total. The van der Waals surface area contributed by atoms with Crippen LogP contribution in [0.25, 0.3) is 0 Å². The van der Waals surface area contributed by atoms with Crippen LogP contribution in [-0.2, 0) is 9.59 Å². The number of nitrogens with zero attached hydrogens (tertiary/aromatic N) is 1. The lowest BCUT2D eigenvalue weighted by molar-refractivity contribution is -0.137. The molecule has 2 amide bonds. The first-order chi connectivity index (χ1) is 6.66. The number of para-hydroxylation sites is 1. The summed E-state index contributed by atoms with van der Waals surface area (Å²) in [6, 6.07) is 9.00. The van der Waals surface area contributed by atoms with Crippen molar-refractivity contribution in [2.45, 2.75) is 0 Å². The van der Waals surface area contributed by atoms with Crippen LogP contribution in [0.1, 0.15) is 0 Å². The Hall–Kier alpha value is -1.55. The van der Waals surface area contributed by atoms with Crippen LogP contribution in [0.3, 0.4) is 0 Å². The van der Waals surface area contributed by atoms with Gasteiger partial charge in [0.05, 0.1) is 0 Å². The monoisotopic (exact) mass is 228 g/mol. The lowest BCUT2D eigenvalue weighted by Crippen LogP contribution is -2.39. The van der Waals surface area contributed by atoms with E-state index in [4.69, 9.17) is 0 Å². The lowest BCUT2D eigenvalue weighted by Gasteiger charge is -2.15. The molecule has 0 saturated carbocycles. The summed E-state index contributed by atoms with van der Waals surface area (Å²) in [5.41, 5.74) is 0.695. The van der Waals surface area contributed by atoms with Gasteiger partial charge < -0.3 is 10.2 Å². The van der Waals surface area contributed by atoms with Gasteiger partial charge in [-0.1, -0.05) is 18.2 Å². The van der Waals surface area contributed by atoms with E-state index in [1.54, 1.807) is 19.2 Å². The highest BCUT2D eigenvalue weighted by Gasteiger charge is 2.17. The fraction of sp³-hybridized carbons (Fsp3) is 0.200. The molecule has 0 spiro atoms. The zero-order valence-electron chi connectivity index (χ0n) is 8.56. The number of halogens is 1. The molecule has 1 aromatic rings. The van der Waals surface area contributed by atoms with Gasteiger partial charge in [-0.2, -0.15) is 0 Å². The number of hydrogen-bond acceptors (Lipinski definition) is 2.